The molecule has 0 aliphatic heterocycles. The summed E-state index contributed by atoms with van der Waals surface area (Å²) in [5, 5.41) is 9.28. The third-order valence-corrected chi connectivity index (χ3v) is 6.49. The Morgan fingerprint density at radius 2 is 1.32 bits per heavy atom. The van der Waals surface area contributed by atoms with Gasteiger partial charge >= 0.3 is 5.97 Å². The number of ether oxygens (including phenoxy) is 2. The van der Waals surface area contributed by atoms with E-state index < -0.39 is 75.3 Å². The van der Waals surface area contributed by atoms with Crippen molar-refractivity contribution in [2.24, 2.45) is 5.92 Å². The van der Waals surface area contributed by atoms with Crippen molar-refractivity contribution in [1.29, 1.82) is 0 Å². The predicted octanol–water partition coefficient (Wildman–Crippen LogP) is 7.17. The zero-order chi connectivity index (χ0) is 26.9. The molecule has 37 heavy (non-hydrogen) atoms. The van der Waals surface area contributed by atoms with E-state index in [1.165, 1.54) is 6.07 Å². The molecule has 10 heteroatoms. The number of benzene rings is 3. The zero-order valence-corrected chi connectivity index (χ0v) is 19.6. The summed E-state index contributed by atoms with van der Waals surface area (Å²) in [5.41, 5.74) is -1.02. The number of carbonyl (C=O) groups excluding carboxylic acids is 1. The van der Waals surface area contributed by atoms with Crippen LogP contribution in [-0.4, -0.2) is 17.7 Å². The normalized spacial score (nSPS) is 17.5. The molecular formula is C27H22F6O4. The third kappa shape index (κ3) is 5.10. The fourth-order valence-electron chi connectivity index (χ4n) is 4.53. The maximum absolute atomic E-state index is 14.8. The van der Waals surface area contributed by atoms with Crippen molar-refractivity contribution >= 4 is 5.97 Å². The number of hydrogen-bond acceptors (Lipinski definition) is 4. The van der Waals surface area contributed by atoms with Crippen molar-refractivity contribution in [1.82, 2.24) is 0 Å². The monoisotopic (exact) mass is 524 g/mol. The molecule has 0 amide bonds. The van der Waals surface area contributed by atoms with E-state index in [4.69, 9.17) is 9.47 Å². The van der Waals surface area contributed by atoms with Crippen molar-refractivity contribution in [3.05, 3.63) is 76.9 Å². The van der Waals surface area contributed by atoms with Crippen LogP contribution in [-0.2, 0) is 4.79 Å². The van der Waals surface area contributed by atoms with Crippen LogP contribution in [0.25, 0.3) is 11.1 Å². The van der Waals surface area contributed by atoms with E-state index in [0.717, 1.165) is 30.3 Å². The molecule has 0 spiro atoms. The Balaban J connectivity index is 1.46. The Bertz CT molecular complexity index is 1340. The lowest BCUT2D eigenvalue weighted by Gasteiger charge is -2.27. The van der Waals surface area contributed by atoms with Crippen LogP contribution < -0.4 is 9.47 Å². The van der Waals surface area contributed by atoms with E-state index in [0.29, 0.717) is 12.8 Å². The molecule has 1 N–H and O–H groups in total. The number of aromatic hydroxyl groups is 1. The summed E-state index contributed by atoms with van der Waals surface area (Å²) in [6.07, 6.45) is 1.06. The van der Waals surface area contributed by atoms with E-state index in [1.807, 2.05) is 0 Å². The van der Waals surface area contributed by atoms with Gasteiger partial charge in [-0.05, 0) is 74.4 Å². The number of hydrogen-bond donors (Lipinski definition) is 1. The van der Waals surface area contributed by atoms with Gasteiger partial charge in [-0.25, -0.2) is 13.2 Å². The van der Waals surface area contributed by atoms with Crippen LogP contribution in [0.1, 0.15) is 44.1 Å². The average Bonchev–Trinajstić information content (AvgIpc) is 2.89. The highest BCUT2D eigenvalue weighted by molar-refractivity contribution is 5.76. The van der Waals surface area contributed by atoms with E-state index in [9.17, 15) is 36.2 Å². The van der Waals surface area contributed by atoms with Crippen LogP contribution in [0.3, 0.4) is 0 Å². The SMILES string of the molecule is CCOc1ccc(-c2ccc(OC(=O)C3CCC(c4ccc(O)c(F)c4F)CC3)c(F)c2F)c(F)c1F. The lowest BCUT2D eigenvalue weighted by molar-refractivity contribution is -0.140. The lowest BCUT2D eigenvalue weighted by atomic mass is 9.78. The summed E-state index contributed by atoms with van der Waals surface area (Å²) in [7, 11) is 0. The minimum absolute atomic E-state index is 0.0761. The largest absolute Gasteiger partial charge is 0.505 e. The first-order chi connectivity index (χ1) is 17.6. The molecule has 3 aromatic carbocycles. The number of halogens is 6. The van der Waals surface area contributed by atoms with Gasteiger partial charge in [0.1, 0.15) is 0 Å². The molecule has 0 saturated heterocycles. The highest BCUT2D eigenvalue weighted by Crippen LogP contribution is 2.40. The quantitative estimate of drug-likeness (QED) is 0.211. The number of rotatable bonds is 6. The first-order valence-corrected chi connectivity index (χ1v) is 11.6. The summed E-state index contributed by atoms with van der Waals surface area (Å²) in [6, 6.07) is 6.40. The Labute approximate surface area is 208 Å². The molecule has 0 unspecified atom stereocenters. The summed E-state index contributed by atoms with van der Waals surface area (Å²) < 4.78 is 96.0. The standard InChI is InChI=1S/C27H22F6O4/c1-2-36-19-11-8-16(22(29)25(19)32)17-9-12-20(26(33)23(17)30)37-27(35)14-5-3-13(4-6-14)15-7-10-18(34)24(31)21(15)28/h7-14,34H,2-6H2,1H3. The molecule has 1 aliphatic carbocycles. The van der Waals surface area contributed by atoms with Crippen molar-refractivity contribution in [2.75, 3.05) is 6.61 Å². The third-order valence-electron chi connectivity index (χ3n) is 6.49. The van der Waals surface area contributed by atoms with Gasteiger partial charge < -0.3 is 14.6 Å². The lowest BCUT2D eigenvalue weighted by Crippen LogP contribution is -2.26. The molecule has 1 fully saturated rings. The highest BCUT2D eigenvalue weighted by Gasteiger charge is 2.32. The Kier molecular flexibility index (Phi) is 7.65. The minimum atomic E-state index is -1.55. The molecule has 196 valence electrons. The first kappa shape index (κ1) is 26.4. The summed E-state index contributed by atoms with van der Waals surface area (Å²) >= 11 is 0. The molecular weight excluding hydrogens is 502 g/mol. The fraction of sp³-hybridized carbons (Fsp3) is 0.296. The summed E-state index contributed by atoms with van der Waals surface area (Å²) in [6.45, 7) is 1.65. The van der Waals surface area contributed by atoms with Gasteiger partial charge in [0.05, 0.1) is 12.5 Å². The van der Waals surface area contributed by atoms with Crippen LogP contribution in [0, 0.1) is 40.8 Å². The van der Waals surface area contributed by atoms with Gasteiger partial charge in [-0.3, -0.25) is 4.79 Å². The van der Waals surface area contributed by atoms with Gasteiger partial charge in [0.15, 0.2) is 34.7 Å². The predicted molar refractivity (Wildman–Crippen MR) is 121 cm³/mol. The minimum Gasteiger partial charge on any atom is -0.505 e. The first-order valence-electron chi connectivity index (χ1n) is 11.6. The molecule has 3 aromatic rings. The van der Waals surface area contributed by atoms with Crippen molar-refractivity contribution in [3.63, 3.8) is 0 Å². The molecule has 4 nitrogen and oxygen atoms in total. The van der Waals surface area contributed by atoms with Crippen LogP contribution >= 0.6 is 0 Å². The van der Waals surface area contributed by atoms with Gasteiger partial charge in [-0.1, -0.05) is 6.07 Å². The van der Waals surface area contributed by atoms with E-state index in [2.05, 4.69) is 0 Å². The second-order valence-electron chi connectivity index (χ2n) is 8.68. The van der Waals surface area contributed by atoms with Gasteiger partial charge in [-0.15, -0.1) is 0 Å². The van der Waals surface area contributed by atoms with Crippen LogP contribution in [0.5, 0.6) is 17.2 Å². The smallest absolute Gasteiger partial charge is 0.314 e. The zero-order valence-electron chi connectivity index (χ0n) is 19.6. The van der Waals surface area contributed by atoms with E-state index in [1.54, 1.807) is 6.92 Å². The van der Waals surface area contributed by atoms with Crippen LogP contribution in [0.15, 0.2) is 36.4 Å². The topological polar surface area (TPSA) is 55.8 Å². The number of carbonyl (C=O) groups is 1. The van der Waals surface area contributed by atoms with E-state index >= 15 is 0 Å². The Hall–Kier alpha value is -3.69. The number of esters is 1. The highest BCUT2D eigenvalue weighted by atomic mass is 19.2. The molecule has 0 bridgehead atoms. The van der Waals surface area contributed by atoms with E-state index in [-0.39, 0.29) is 30.8 Å². The molecule has 4 rings (SSSR count). The Morgan fingerprint density at radius 3 is 1.92 bits per heavy atom. The Morgan fingerprint density at radius 1 is 0.757 bits per heavy atom. The van der Waals surface area contributed by atoms with Gasteiger partial charge in [-0.2, -0.15) is 13.2 Å². The molecule has 0 heterocycles. The number of phenols is 1. The van der Waals surface area contributed by atoms with Gasteiger partial charge in [0, 0.05) is 11.1 Å². The van der Waals surface area contributed by atoms with Crippen molar-refractivity contribution in [3.8, 4) is 28.4 Å². The van der Waals surface area contributed by atoms with Gasteiger partial charge in [0.25, 0.3) is 0 Å². The van der Waals surface area contributed by atoms with Crippen LogP contribution in [0.4, 0.5) is 26.3 Å². The molecule has 0 atom stereocenters. The molecule has 1 aliphatic rings. The van der Waals surface area contributed by atoms with Gasteiger partial charge in [0.2, 0.25) is 17.5 Å². The average molecular weight is 524 g/mol. The van der Waals surface area contributed by atoms with Crippen LogP contribution in [0.2, 0.25) is 0 Å². The van der Waals surface area contributed by atoms with Crippen molar-refractivity contribution < 1.29 is 45.7 Å². The summed E-state index contributed by atoms with van der Waals surface area (Å²) in [4.78, 5) is 12.6. The maximum Gasteiger partial charge on any atom is 0.314 e. The second-order valence-corrected chi connectivity index (χ2v) is 8.68. The number of phenolic OH excluding ortho intramolecular Hbond substituents is 1. The molecule has 0 radical (unpaired) electrons. The van der Waals surface area contributed by atoms with Crippen molar-refractivity contribution in [2.45, 2.75) is 38.5 Å². The summed E-state index contributed by atoms with van der Waals surface area (Å²) in [5.74, 6) is -12.1. The molecule has 1 saturated carbocycles. The fourth-order valence-corrected chi connectivity index (χ4v) is 4.53. The molecule has 0 aromatic heterocycles. The maximum atomic E-state index is 14.8. The second kappa shape index (κ2) is 10.7.